The Bertz CT molecular complexity index is 586. The van der Waals surface area contributed by atoms with E-state index < -0.39 is 11.7 Å². The summed E-state index contributed by atoms with van der Waals surface area (Å²) in [6.07, 6.45) is 3.03. The van der Waals surface area contributed by atoms with Gasteiger partial charge in [-0.15, -0.1) is 0 Å². The number of nitrogens with one attached hydrogen (secondary N) is 1. The zero-order valence-electron chi connectivity index (χ0n) is 8.95. The Labute approximate surface area is 116 Å². The average Bonchev–Trinajstić information content (AvgIpc) is 2.28. The third-order valence-electron chi connectivity index (χ3n) is 2.15. The van der Waals surface area contributed by atoms with Crippen molar-refractivity contribution >= 4 is 39.1 Å². The van der Waals surface area contributed by atoms with Gasteiger partial charge in [-0.3, -0.25) is 9.78 Å². The van der Waals surface area contributed by atoms with Gasteiger partial charge in [-0.25, -0.2) is 4.39 Å². The first-order chi connectivity index (χ1) is 8.58. The molecule has 0 saturated carbocycles. The number of amides is 1. The highest BCUT2D eigenvalue weighted by molar-refractivity contribution is 9.10. The topological polar surface area (TPSA) is 42.0 Å². The van der Waals surface area contributed by atoms with Crippen LogP contribution in [0, 0.1) is 5.82 Å². The fraction of sp³-hybridized carbons (Fsp3) is 0. The van der Waals surface area contributed by atoms with E-state index in [0.717, 1.165) is 0 Å². The molecule has 0 radical (unpaired) electrons. The van der Waals surface area contributed by atoms with E-state index in [1.54, 1.807) is 12.3 Å². The van der Waals surface area contributed by atoms with Crippen LogP contribution in [0.3, 0.4) is 0 Å². The van der Waals surface area contributed by atoms with E-state index in [1.165, 1.54) is 24.4 Å². The van der Waals surface area contributed by atoms with Gasteiger partial charge in [-0.05, 0) is 34.1 Å². The quantitative estimate of drug-likeness (QED) is 0.908. The smallest absolute Gasteiger partial charge is 0.260 e. The molecule has 3 nitrogen and oxygen atoms in total. The van der Waals surface area contributed by atoms with Crippen molar-refractivity contribution in [2.45, 2.75) is 0 Å². The number of hydrogen-bond donors (Lipinski definition) is 1. The lowest BCUT2D eigenvalue weighted by molar-refractivity contribution is 0.102. The van der Waals surface area contributed by atoms with Crippen LogP contribution in [0.5, 0.6) is 0 Å². The third-order valence-corrected chi connectivity index (χ3v) is 2.90. The number of benzene rings is 1. The molecule has 0 spiro atoms. The summed E-state index contributed by atoms with van der Waals surface area (Å²) in [5.41, 5.74) is 0.271. The monoisotopic (exact) mass is 328 g/mol. The van der Waals surface area contributed by atoms with Crippen LogP contribution in [-0.4, -0.2) is 10.9 Å². The molecule has 1 aromatic carbocycles. The number of rotatable bonds is 2. The van der Waals surface area contributed by atoms with Gasteiger partial charge >= 0.3 is 0 Å². The molecule has 6 heteroatoms. The summed E-state index contributed by atoms with van der Waals surface area (Å²) in [5, 5.41) is 2.59. The maximum atomic E-state index is 13.5. The van der Waals surface area contributed by atoms with E-state index in [-0.39, 0.29) is 10.6 Å². The van der Waals surface area contributed by atoms with Crippen molar-refractivity contribution in [3.63, 3.8) is 0 Å². The lowest BCUT2D eigenvalue weighted by Crippen LogP contribution is -2.14. The molecule has 18 heavy (non-hydrogen) atoms. The molecule has 1 heterocycles. The molecule has 0 fully saturated rings. The van der Waals surface area contributed by atoms with E-state index in [9.17, 15) is 9.18 Å². The Morgan fingerprint density at radius 2 is 2.17 bits per heavy atom. The van der Waals surface area contributed by atoms with Crippen molar-refractivity contribution in [2.24, 2.45) is 0 Å². The van der Waals surface area contributed by atoms with Crippen LogP contribution in [0.2, 0.25) is 5.02 Å². The Morgan fingerprint density at radius 3 is 2.83 bits per heavy atom. The van der Waals surface area contributed by atoms with E-state index in [2.05, 4.69) is 26.2 Å². The first-order valence-corrected chi connectivity index (χ1v) is 6.11. The minimum absolute atomic E-state index is 0.0652. The van der Waals surface area contributed by atoms with Gasteiger partial charge in [0.1, 0.15) is 5.82 Å². The van der Waals surface area contributed by atoms with E-state index in [1.807, 2.05) is 0 Å². The minimum atomic E-state index is -0.664. The minimum Gasteiger partial charge on any atom is -0.320 e. The molecular weight excluding hydrogens is 322 g/mol. The van der Waals surface area contributed by atoms with Crippen molar-refractivity contribution in [2.75, 3.05) is 5.32 Å². The summed E-state index contributed by atoms with van der Waals surface area (Å²) in [4.78, 5) is 15.8. The predicted molar refractivity (Wildman–Crippen MR) is 71.3 cm³/mol. The molecule has 2 aromatic rings. The Morgan fingerprint density at radius 1 is 1.39 bits per heavy atom. The summed E-state index contributed by atoms with van der Waals surface area (Å²) in [6, 6.07) is 5.73. The maximum absolute atomic E-state index is 13.5. The molecule has 0 aliphatic carbocycles. The van der Waals surface area contributed by atoms with Gasteiger partial charge in [0.05, 0.1) is 22.5 Å². The number of hydrogen-bond acceptors (Lipinski definition) is 2. The predicted octanol–water partition coefficient (Wildman–Crippen LogP) is 3.89. The fourth-order valence-electron chi connectivity index (χ4n) is 1.39. The van der Waals surface area contributed by atoms with Gasteiger partial charge in [-0.1, -0.05) is 17.7 Å². The van der Waals surface area contributed by atoms with Gasteiger partial charge in [0.15, 0.2) is 0 Å². The number of anilines is 1. The van der Waals surface area contributed by atoms with Crippen molar-refractivity contribution < 1.29 is 9.18 Å². The van der Waals surface area contributed by atoms with Gasteiger partial charge in [0.2, 0.25) is 0 Å². The maximum Gasteiger partial charge on any atom is 0.260 e. The van der Waals surface area contributed by atoms with Crippen molar-refractivity contribution in [1.29, 1.82) is 0 Å². The Balaban J connectivity index is 2.28. The molecule has 0 aliphatic rings. The summed E-state index contributed by atoms with van der Waals surface area (Å²) in [5.74, 6) is -1.28. The number of aromatic nitrogens is 1. The number of carbonyl (C=O) groups excluding carboxylic acids is 1. The molecule has 1 N–H and O–H groups in total. The lowest BCUT2D eigenvalue weighted by atomic mass is 10.2. The van der Waals surface area contributed by atoms with Gasteiger partial charge in [-0.2, -0.15) is 0 Å². The highest BCUT2D eigenvalue weighted by Crippen LogP contribution is 2.21. The standard InChI is InChI=1S/C12H7BrClFN2O/c13-7-4-8(6-16-5-7)17-12(18)11-9(14)2-1-3-10(11)15/h1-6H,(H,17,18). The fourth-order valence-corrected chi connectivity index (χ4v) is 2.00. The Kier molecular flexibility index (Phi) is 3.93. The molecule has 0 atom stereocenters. The van der Waals surface area contributed by atoms with E-state index in [4.69, 9.17) is 11.6 Å². The second-order valence-corrected chi connectivity index (χ2v) is 4.77. The molecule has 1 aromatic heterocycles. The SMILES string of the molecule is O=C(Nc1cncc(Br)c1)c1c(F)cccc1Cl. The number of carbonyl (C=O) groups is 1. The van der Waals surface area contributed by atoms with Crippen molar-refractivity contribution in [3.8, 4) is 0 Å². The van der Waals surface area contributed by atoms with Crippen LogP contribution >= 0.6 is 27.5 Å². The molecular formula is C12H7BrClFN2O. The Hall–Kier alpha value is -1.46. The molecule has 0 saturated heterocycles. The first kappa shape index (κ1) is 13.0. The van der Waals surface area contributed by atoms with Crippen LogP contribution < -0.4 is 5.32 Å². The van der Waals surface area contributed by atoms with Crippen molar-refractivity contribution in [1.82, 2.24) is 4.98 Å². The molecule has 0 unspecified atom stereocenters. The van der Waals surface area contributed by atoms with Gasteiger partial charge in [0, 0.05) is 10.7 Å². The van der Waals surface area contributed by atoms with Crippen LogP contribution in [0.4, 0.5) is 10.1 Å². The van der Waals surface area contributed by atoms with Crippen LogP contribution in [0.25, 0.3) is 0 Å². The molecule has 0 bridgehead atoms. The van der Waals surface area contributed by atoms with Crippen molar-refractivity contribution in [3.05, 3.63) is 57.5 Å². The zero-order valence-corrected chi connectivity index (χ0v) is 11.3. The third kappa shape index (κ3) is 2.86. The largest absolute Gasteiger partial charge is 0.320 e. The molecule has 92 valence electrons. The summed E-state index contributed by atoms with van der Waals surface area (Å²) in [6.45, 7) is 0. The second-order valence-electron chi connectivity index (χ2n) is 3.44. The highest BCUT2D eigenvalue weighted by atomic mass is 79.9. The van der Waals surface area contributed by atoms with Gasteiger partial charge < -0.3 is 5.32 Å². The zero-order chi connectivity index (χ0) is 13.1. The van der Waals surface area contributed by atoms with Gasteiger partial charge in [0.25, 0.3) is 5.91 Å². The molecule has 0 aliphatic heterocycles. The van der Waals surface area contributed by atoms with Crippen LogP contribution in [-0.2, 0) is 0 Å². The van der Waals surface area contributed by atoms with Crippen LogP contribution in [0.15, 0.2) is 41.1 Å². The number of halogens is 3. The normalized spacial score (nSPS) is 10.2. The van der Waals surface area contributed by atoms with Crippen LogP contribution in [0.1, 0.15) is 10.4 Å². The summed E-state index contributed by atoms with van der Waals surface area (Å²) >= 11 is 9.02. The number of nitrogens with zero attached hydrogens (tertiary/aromatic N) is 1. The summed E-state index contributed by atoms with van der Waals surface area (Å²) < 4.78 is 14.2. The lowest BCUT2D eigenvalue weighted by Gasteiger charge is -2.07. The second kappa shape index (κ2) is 5.46. The van der Waals surface area contributed by atoms with E-state index >= 15 is 0 Å². The molecule has 2 rings (SSSR count). The first-order valence-electron chi connectivity index (χ1n) is 4.94. The average molecular weight is 330 g/mol. The number of pyridine rings is 1. The van der Waals surface area contributed by atoms with E-state index in [0.29, 0.717) is 10.2 Å². The molecule has 1 amide bonds. The summed E-state index contributed by atoms with van der Waals surface area (Å²) in [7, 11) is 0. The highest BCUT2D eigenvalue weighted by Gasteiger charge is 2.15.